The second-order valence-corrected chi connectivity index (χ2v) is 6.92. The molecule has 2 amide bonds. The van der Waals surface area contributed by atoms with E-state index in [1.807, 2.05) is 13.0 Å². The Morgan fingerprint density at radius 2 is 2.00 bits per heavy atom. The van der Waals surface area contributed by atoms with Crippen LogP contribution in [-0.2, 0) is 17.4 Å². The third kappa shape index (κ3) is 2.97. The third-order valence-electron chi connectivity index (χ3n) is 5.13. The van der Waals surface area contributed by atoms with Gasteiger partial charge in [-0.15, -0.1) is 0 Å². The lowest BCUT2D eigenvalue weighted by atomic mass is 9.96. The molecule has 2 aromatic rings. The molecule has 0 bridgehead atoms. The van der Waals surface area contributed by atoms with Crippen LogP contribution < -0.4 is 10.2 Å². The number of benzene rings is 2. The number of rotatable bonds is 2. The van der Waals surface area contributed by atoms with Gasteiger partial charge in [-0.3, -0.25) is 9.59 Å². The van der Waals surface area contributed by atoms with Crippen molar-refractivity contribution in [1.29, 1.82) is 0 Å². The second-order valence-electron chi connectivity index (χ2n) is 6.92. The van der Waals surface area contributed by atoms with Crippen LogP contribution in [0.15, 0.2) is 36.4 Å². The van der Waals surface area contributed by atoms with Gasteiger partial charge in [0.15, 0.2) is 0 Å². The Morgan fingerprint density at radius 3 is 2.74 bits per heavy atom. The Morgan fingerprint density at radius 1 is 1.22 bits per heavy atom. The number of amides is 2. The predicted molar refractivity (Wildman–Crippen MR) is 94.9 cm³/mol. The zero-order chi connectivity index (χ0) is 19.3. The van der Waals surface area contributed by atoms with Gasteiger partial charge in [-0.2, -0.15) is 13.2 Å². The molecule has 0 fully saturated rings. The van der Waals surface area contributed by atoms with Crippen LogP contribution in [0.4, 0.5) is 24.5 Å². The topological polar surface area (TPSA) is 49.4 Å². The van der Waals surface area contributed by atoms with Crippen LogP contribution in [0.25, 0.3) is 0 Å². The van der Waals surface area contributed by atoms with E-state index in [1.54, 1.807) is 11.0 Å². The van der Waals surface area contributed by atoms with E-state index >= 15 is 0 Å². The quantitative estimate of drug-likeness (QED) is 0.849. The van der Waals surface area contributed by atoms with E-state index in [0.717, 1.165) is 41.8 Å². The van der Waals surface area contributed by atoms with Crippen LogP contribution in [0.3, 0.4) is 0 Å². The van der Waals surface area contributed by atoms with Crippen LogP contribution in [0, 0.1) is 0 Å². The van der Waals surface area contributed by atoms with E-state index < -0.39 is 17.6 Å². The Bertz CT molecular complexity index is 953. The fraction of sp³-hybridized carbons (Fsp3) is 0.300. The Labute approximate surface area is 154 Å². The summed E-state index contributed by atoms with van der Waals surface area (Å²) >= 11 is 0. The maximum atomic E-state index is 12.9. The lowest BCUT2D eigenvalue weighted by Crippen LogP contribution is -2.32. The first kappa shape index (κ1) is 17.6. The third-order valence-corrected chi connectivity index (χ3v) is 5.13. The lowest BCUT2D eigenvalue weighted by molar-refractivity contribution is -0.137. The molecule has 2 aliphatic heterocycles. The standard InChI is InChI=1S/C20H17F3N2O2/c1-11-16-10-15(9-12-5-3-7-25(17(12)16)19(11)27)24-18(26)13-4-2-6-14(8-13)20(21,22)23/h2,4,6,8-11H,3,5,7H2,1H3,(H,24,26). The molecule has 4 rings (SSSR count). The highest BCUT2D eigenvalue weighted by Crippen LogP contribution is 2.44. The molecule has 7 heteroatoms. The molecule has 0 aromatic heterocycles. The van der Waals surface area contributed by atoms with E-state index in [2.05, 4.69) is 5.32 Å². The minimum atomic E-state index is -4.51. The average molecular weight is 374 g/mol. The zero-order valence-electron chi connectivity index (χ0n) is 14.6. The number of carbonyl (C=O) groups excluding carboxylic acids is 2. The van der Waals surface area contributed by atoms with E-state index in [9.17, 15) is 22.8 Å². The number of anilines is 2. The molecule has 4 nitrogen and oxygen atoms in total. The van der Waals surface area contributed by atoms with Crippen molar-refractivity contribution in [2.45, 2.75) is 31.9 Å². The first-order valence-electron chi connectivity index (χ1n) is 8.72. The van der Waals surface area contributed by atoms with E-state index in [-0.39, 0.29) is 17.4 Å². The molecule has 0 saturated heterocycles. The van der Waals surface area contributed by atoms with Crippen molar-refractivity contribution >= 4 is 23.2 Å². The van der Waals surface area contributed by atoms with Crippen molar-refractivity contribution in [3.63, 3.8) is 0 Å². The number of hydrogen-bond acceptors (Lipinski definition) is 2. The second kappa shape index (κ2) is 6.11. The number of aryl methyl sites for hydroxylation is 1. The molecular formula is C20H17F3N2O2. The molecule has 1 unspecified atom stereocenters. The summed E-state index contributed by atoms with van der Waals surface area (Å²) < 4.78 is 38.6. The van der Waals surface area contributed by atoms with Crippen molar-refractivity contribution in [2.75, 3.05) is 16.8 Å². The fourth-order valence-corrected chi connectivity index (χ4v) is 3.81. The highest BCUT2D eigenvalue weighted by molar-refractivity contribution is 6.08. The van der Waals surface area contributed by atoms with Crippen molar-refractivity contribution in [1.82, 2.24) is 0 Å². The molecule has 2 aromatic carbocycles. The van der Waals surface area contributed by atoms with Gasteiger partial charge in [0.1, 0.15) is 0 Å². The number of halogens is 3. The van der Waals surface area contributed by atoms with Gasteiger partial charge in [-0.05, 0) is 61.2 Å². The molecule has 0 saturated carbocycles. The SMILES string of the molecule is CC1C(=O)N2CCCc3cc(NC(=O)c4cccc(C(F)(F)F)c4)cc1c32. The summed E-state index contributed by atoms with van der Waals surface area (Å²) in [5.74, 6) is -0.854. The fourth-order valence-electron chi connectivity index (χ4n) is 3.81. The predicted octanol–water partition coefficient (Wildman–Crippen LogP) is 4.35. The number of nitrogens with zero attached hydrogens (tertiary/aromatic N) is 1. The molecule has 1 atom stereocenters. The maximum absolute atomic E-state index is 12.9. The summed E-state index contributed by atoms with van der Waals surface area (Å²) in [5, 5.41) is 2.68. The van der Waals surface area contributed by atoms with Crippen molar-refractivity contribution < 1.29 is 22.8 Å². The van der Waals surface area contributed by atoms with Gasteiger partial charge in [0.2, 0.25) is 5.91 Å². The van der Waals surface area contributed by atoms with E-state index in [1.165, 1.54) is 12.1 Å². The van der Waals surface area contributed by atoms with Gasteiger partial charge in [0.25, 0.3) is 5.91 Å². The summed E-state index contributed by atoms with van der Waals surface area (Å²) in [6, 6.07) is 7.87. The van der Waals surface area contributed by atoms with Gasteiger partial charge < -0.3 is 10.2 Å². The van der Waals surface area contributed by atoms with Gasteiger partial charge in [0.05, 0.1) is 17.2 Å². The lowest BCUT2D eigenvalue weighted by Gasteiger charge is -2.26. The molecular weight excluding hydrogens is 357 g/mol. The molecule has 2 heterocycles. The normalized spacial score (nSPS) is 18.4. The van der Waals surface area contributed by atoms with Gasteiger partial charge in [0, 0.05) is 17.8 Å². The van der Waals surface area contributed by atoms with Crippen LogP contribution in [0.1, 0.15) is 46.3 Å². The summed E-state index contributed by atoms with van der Waals surface area (Å²) in [6.45, 7) is 2.52. The minimum absolute atomic E-state index is 0.0484. The summed E-state index contributed by atoms with van der Waals surface area (Å²) in [7, 11) is 0. The summed E-state index contributed by atoms with van der Waals surface area (Å²) in [6.07, 6.45) is -2.87. The number of hydrogen-bond donors (Lipinski definition) is 1. The van der Waals surface area contributed by atoms with Gasteiger partial charge in [-0.1, -0.05) is 6.07 Å². The molecule has 0 aliphatic carbocycles. The van der Waals surface area contributed by atoms with Crippen LogP contribution in [0.5, 0.6) is 0 Å². The highest BCUT2D eigenvalue weighted by Gasteiger charge is 2.38. The average Bonchev–Trinajstić information content (AvgIpc) is 2.88. The molecule has 27 heavy (non-hydrogen) atoms. The molecule has 2 aliphatic rings. The largest absolute Gasteiger partial charge is 0.416 e. The van der Waals surface area contributed by atoms with E-state index in [0.29, 0.717) is 12.2 Å². The summed E-state index contributed by atoms with van der Waals surface area (Å²) in [4.78, 5) is 26.6. The Balaban J connectivity index is 1.65. The maximum Gasteiger partial charge on any atom is 0.416 e. The smallest absolute Gasteiger partial charge is 0.322 e. The molecule has 0 spiro atoms. The number of nitrogens with one attached hydrogen (secondary N) is 1. The minimum Gasteiger partial charge on any atom is -0.322 e. The summed E-state index contributed by atoms with van der Waals surface area (Å²) in [5.41, 5.74) is 2.33. The number of carbonyl (C=O) groups is 2. The first-order chi connectivity index (χ1) is 12.8. The monoisotopic (exact) mass is 374 g/mol. The van der Waals surface area contributed by atoms with E-state index in [4.69, 9.17) is 0 Å². The van der Waals surface area contributed by atoms with Gasteiger partial charge in [-0.25, -0.2) is 0 Å². The molecule has 140 valence electrons. The molecule has 0 radical (unpaired) electrons. The molecule has 1 N–H and O–H groups in total. The van der Waals surface area contributed by atoms with Crippen LogP contribution >= 0.6 is 0 Å². The Kier molecular flexibility index (Phi) is 3.98. The zero-order valence-corrected chi connectivity index (χ0v) is 14.6. The highest BCUT2D eigenvalue weighted by atomic mass is 19.4. The van der Waals surface area contributed by atoms with Crippen LogP contribution in [-0.4, -0.2) is 18.4 Å². The Hall–Kier alpha value is -2.83. The van der Waals surface area contributed by atoms with Gasteiger partial charge >= 0.3 is 6.18 Å². The van der Waals surface area contributed by atoms with Crippen molar-refractivity contribution in [2.24, 2.45) is 0 Å². The van der Waals surface area contributed by atoms with Crippen LogP contribution in [0.2, 0.25) is 0 Å². The first-order valence-corrected chi connectivity index (χ1v) is 8.72. The van der Waals surface area contributed by atoms with Crippen molar-refractivity contribution in [3.8, 4) is 0 Å². The van der Waals surface area contributed by atoms with Crippen molar-refractivity contribution in [3.05, 3.63) is 58.7 Å². The number of alkyl halides is 3.